The maximum atomic E-state index is 13.4. The zero-order valence-corrected chi connectivity index (χ0v) is 20.4. The van der Waals surface area contributed by atoms with Crippen LogP contribution >= 0.6 is 0 Å². The van der Waals surface area contributed by atoms with Crippen molar-refractivity contribution in [1.29, 1.82) is 0 Å². The molecule has 8 heteroatoms. The van der Waals surface area contributed by atoms with E-state index in [1.807, 2.05) is 63.2 Å². The summed E-state index contributed by atoms with van der Waals surface area (Å²) >= 11 is 0. The predicted molar refractivity (Wildman–Crippen MR) is 128 cm³/mol. The lowest BCUT2D eigenvalue weighted by atomic mass is 10.1. The van der Waals surface area contributed by atoms with Gasteiger partial charge in [0, 0.05) is 12.6 Å². The van der Waals surface area contributed by atoms with E-state index in [1.54, 1.807) is 19.9 Å². The normalized spacial score (nSPS) is 12.3. The van der Waals surface area contributed by atoms with E-state index in [4.69, 9.17) is 0 Å². The van der Waals surface area contributed by atoms with Crippen LogP contribution in [0.1, 0.15) is 37.5 Å². The Balaban J connectivity index is 2.41. The van der Waals surface area contributed by atoms with Crippen LogP contribution in [0.4, 0.5) is 5.69 Å². The van der Waals surface area contributed by atoms with E-state index < -0.39 is 28.5 Å². The van der Waals surface area contributed by atoms with Crippen LogP contribution in [0, 0.1) is 13.8 Å². The number of amides is 2. The zero-order valence-electron chi connectivity index (χ0n) is 19.6. The lowest BCUT2D eigenvalue weighted by Crippen LogP contribution is -2.52. The van der Waals surface area contributed by atoms with Crippen molar-refractivity contribution in [3.8, 4) is 0 Å². The molecule has 2 amide bonds. The first-order chi connectivity index (χ1) is 14.9. The maximum Gasteiger partial charge on any atom is 0.244 e. The first-order valence-corrected chi connectivity index (χ1v) is 12.4. The molecule has 0 unspecified atom stereocenters. The summed E-state index contributed by atoms with van der Waals surface area (Å²) in [6.07, 6.45) is 1.08. The third kappa shape index (κ3) is 6.82. The Hall–Kier alpha value is -2.87. The van der Waals surface area contributed by atoms with Crippen LogP contribution in [0.25, 0.3) is 0 Å². The van der Waals surface area contributed by atoms with Crippen molar-refractivity contribution in [1.82, 2.24) is 10.2 Å². The second kappa shape index (κ2) is 10.6. The maximum absolute atomic E-state index is 13.4. The van der Waals surface area contributed by atoms with E-state index in [9.17, 15) is 18.0 Å². The van der Waals surface area contributed by atoms with Gasteiger partial charge in [0.25, 0.3) is 0 Å². The van der Waals surface area contributed by atoms with Crippen LogP contribution in [0.2, 0.25) is 0 Å². The number of nitrogens with one attached hydrogen (secondary N) is 1. The highest BCUT2D eigenvalue weighted by molar-refractivity contribution is 7.92. The molecule has 7 nitrogen and oxygen atoms in total. The summed E-state index contributed by atoms with van der Waals surface area (Å²) in [5.74, 6) is -0.742. The fourth-order valence-electron chi connectivity index (χ4n) is 3.35. The number of carbonyl (C=O) groups excluding carboxylic acids is 2. The molecule has 0 aliphatic carbocycles. The Kier molecular flexibility index (Phi) is 8.44. The number of rotatable bonds is 9. The molecule has 32 heavy (non-hydrogen) atoms. The molecule has 0 aliphatic heterocycles. The number of benzene rings is 2. The van der Waals surface area contributed by atoms with Crippen molar-refractivity contribution in [2.24, 2.45) is 0 Å². The minimum Gasteiger partial charge on any atom is -0.352 e. The van der Waals surface area contributed by atoms with Crippen LogP contribution in [-0.4, -0.2) is 50.0 Å². The highest BCUT2D eigenvalue weighted by Gasteiger charge is 2.30. The van der Waals surface area contributed by atoms with Gasteiger partial charge in [-0.3, -0.25) is 13.9 Å². The number of anilines is 1. The molecule has 2 aromatic carbocycles. The Morgan fingerprint density at radius 2 is 1.62 bits per heavy atom. The highest BCUT2D eigenvalue weighted by atomic mass is 32.2. The van der Waals surface area contributed by atoms with Crippen molar-refractivity contribution in [3.63, 3.8) is 0 Å². The number of nitrogens with zero attached hydrogens (tertiary/aromatic N) is 2. The molecule has 0 bridgehead atoms. The average Bonchev–Trinajstić information content (AvgIpc) is 2.71. The van der Waals surface area contributed by atoms with E-state index in [-0.39, 0.29) is 18.5 Å². The smallest absolute Gasteiger partial charge is 0.244 e. The number of hydrogen-bond acceptors (Lipinski definition) is 4. The molecule has 0 heterocycles. The Bertz CT molecular complexity index is 1050. The van der Waals surface area contributed by atoms with Gasteiger partial charge < -0.3 is 10.2 Å². The minimum absolute atomic E-state index is 0.0823. The van der Waals surface area contributed by atoms with Crippen LogP contribution in [-0.2, 0) is 26.2 Å². The summed E-state index contributed by atoms with van der Waals surface area (Å²) in [6, 6.07) is 13.9. The van der Waals surface area contributed by atoms with E-state index >= 15 is 0 Å². The molecule has 0 aromatic heterocycles. The van der Waals surface area contributed by atoms with Gasteiger partial charge in [-0.15, -0.1) is 0 Å². The lowest BCUT2D eigenvalue weighted by Gasteiger charge is -2.32. The second-order valence-corrected chi connectivity index (χ2v) is 10.3. The van der Waals surface area contributed by atoms with Crippen molar-refractivity contribution in [2.75, 3.05) is 17.1 Å². The average molecular weight is 460 g/mol. The van der Waals surface area contributed by atoms with Crippen molar-refractivity contribution in [2.45, 2.75) is 53.2 Å². The number of hydrogen-bond donors (Lipinski definition) is 1. The highest BCUT2D eigenvalue weighted by Crippen LogP contribution is 2.24. The molecular formula is C24H33N3O4S. The minimum atomic E-state index is -3.74. The van der Waals surface area contributed by atoms with E-state index in [2.05, 4.69) is 5.32 Å². The fourth-order valence-corrected chi connectivity index (χ4v) is 4.25. The molecule has 0 aliphatic rings. The molecule has 0 fully saturated rings. The summed E-state index contributed by atoms with van der Waals surface area (Å²) < 4.78 is 26.4. The molecule has 2 aromatic rings. The van der Waals surface area contributed by atoms with Crippen LogP contribution in [0.5, 0.6) is 0 Å². The summed E-state index contributed by atoms with van der Waals surface area (Å²) in [6.45, 7) is 8.82. The fraction of sp³-hybridized carbons (Fsp3) is 0.417. The quantitative estimate of drug-likeness (QED) is 0.625. The Labute approximate surface area is 191 Å². The molecule has 0 radical (unpaired) electrons. The third-order valence-electron chi connectivity index (χ3n) is 5.11. The van der Waals surface area contributed by atoms with Gasteiger partial charge >= 0.3 is 0 Å². The number of sulfonamides is 1. The SMILES string of the molecule is Cc1ccc(C)c(N(CC(=O)N(Cc2ccccc2)[C@@H](C)C(=O)NC(C)C)S(C)(=O)=O)c1. The van der Waals surface area contributed by atoms with Crippen molar-refractivity contribution >= 4 is 27.5 Å². The molecule has 1 atom stereocenters. The molecular weight excluding hydrogens is 426 g/mol. The van der Waals surface area contributed by atoms with Gasteiger partial charge in [-0.1, -0.05) is 42.5 Å². The van der Waals surface area contributed by atoms with Crippen molar-refractivity contribution in [3.05, 3.63) is 65.2 Å². The summed E-state index contributed by atoms with van der Waals surface area (Å²) in [4.78, 5) is 27.6. The van der Waals surface area contributed by atoms with Crippen molar-refractivity contribution < 1.29 is 18.0 Å². The van der Waals surface area contributed by atoms with E-state index in [0.29, 0.717) is 5.69 Å². The van der Waals surface area contributed by atoms with Gasteiger partial charge in [0.15, 0.2) is 0 Å². The lowest BCUT2D eigenvalue weighted by molar-refractivity contribution is -0.139. The first-order valence-electron chi connectivity index (χ1n) is 10.6. The van der Waals surface area contributed by atoms with E-state index in [1.165, 1.54) is 4.90 Å². The topological polar surface area (TPSA) is 86.8 Å². The second-order valence-electron chi connectivity index (χ2n) is 8.41. The van der Waals surface area contributed by atoms with Gasteiger partial charge in [-0.25, -0.2) is 8.42 Å². The van der Waals surface area contributed by atoms with Gasteiger partial charge in [-0.05, 0) is 57.4 Å². The molecule has 2 rings (SSSR count). The van der Waals surface area contributed by atoms with Crippen LogP contribution < -0.4 is 9.62 Å². The van der Waals surface area contributed by atoms with E-state index in [0.717, 1.165) is 27.3 Å². The molecule has 0 saturated carbocycles. The van der Waals surface area contributed by atoms with Gasteiger partial charge in [-0.2, -0.15) is 0 Å². The molecule has 0 spiro atoms. The molecule has 0 saturated heterocycles. The molecule has 174 valence electrons. The first kappa shape index (κ1) is 25.4. The Morgan fingerprint density at radius 3 is 2.19 bits per heavy atom. The zero-order chi connectivity index (χ0) is 24.1. The van der Waals surface area contributed by atoms with Crippen LogP contribution in [0.15, 0.2) is 48.5 Å². The standard InChI is InChI=1S/C24H33N3O4S/c1-17(2)25-24(29)20(5)26(15-21-10-8-7-9-11-21)23(28)16-27(32(6,30)31)22-14-18(3)12-13-19(22)4/h7-14,17,20H,15-16H2,1-6H3,(H,25,29)/t20-/m0/s1. The Morgan fingerprint density at radius 1 is 1.00 bits per heavy atom. The monoisotopic (exact) mass is 459 g/mol. The summed E-state index contributed by atoms with van der Waals surface area (Å²) in [7, 11) is -3.74. The summed E-state index contributed by atoms with van der Waals surface area (Å²) in [5.41, 5.74) is 2.94. The third-order valence-corrected chi connectivity index (χ3v) is 6.23. The number of carbonyl (C=O) groups is 2. The van der Waals surface area contributed by atoms with Crippen LogP contribution in [0.3, 0.4) is 0 Å². The van der Waals surface area contributed by atoms with Gasteiger partial charge in [0.1, 0.15) is 12.6 Å². The predicted octanol–water partition coefficient (Wildman–Crippen LogP) is 3.01. The molecule has 1 N–H and O–H groups in total. The number of aryl methyl sites for hydroxylation is 2. The largest absolute Gasteiger partial charge is 0.352 e. The van der Waals surface area contributed by atoms with Gasteiger partial charge in [0.05, 0.1) is 11.9 Å². The summed E-state index contributed by atoms with van der Waals surface area (Å²) in [5, 5.41) is 2.83. The van der Waals surface area contributed by atoms with Gasteiger partial charge in [0.2, 0.25) is 21.8 Å².